The lowest BCUT2D eigenvalue weighted by molar-refractivity contribution is 0.458. The Labute approximate surface area is 157 Å². The minimum Gasteiger partial charge on any atom is -0.424 e. The minimum absolute atomic E-state index is 0.298. The molecule has 1 unspecified atom stereocenters. The van der Waals surface area contributed by atoms with Crippen molar-refractivity contribution in [2.24, 2.45) is 0 Å². The maximum absolute atomic E-state index is 6.03. The third-order valence-corrected chi connectivity index (χ3v) is 5.32. The standard InChI is InChI=1S/C23H32N2O/c1-5-7-8-9-12-18(6-2)20-16-25(21-14-11-10-13-19(20)21)22-15-24-23(26-22)17(3)4/h10-11,13-18H,5-9,12H2,1-4H3. The van der Waals surface area contributed by atoms with E-state index in [2.05, 4.69) is 67.7 Å². The Balaban J connectivity index is 1.95. The Hall–Kier alpha value is -2.03. The zero-order chi connectivity index (χ0) is 18.5. The molecule has 3 nitrogen and oxygen atoms in total. The van der Waals surface area contributed by atoms with Crippen LogP contribution >= 0.6 is 0 Å². The van der Waals surface area contributed by atoms with Crippen LogP contribution in [0.2, 0.25) is 0 Å². The lowest BCUT2D eigenvalue weighted by Gasteiger charge is -2.14. The van der Waals surface area contributed by atoms with Crippen molar-refractivity contribution in [3.05, 3.63) is 48.1 Å². The van der Waals surface area contributed by atoms with E-state index in [-0.39, 0.29) is 0 Å². The highest BCUT2D eigenvalue weighted by Gasteiger charge is 2.19. The maximum Gasteiger partial charge on any atom is 0.224 e. The summed E-state index contributed by atoms with van der Waals surface area (Å²) in [5, 5.41) is 1.34. The Kier molecular flexibility index (Phi) is 6.18. The smallest absolute Gasteiger partial charge is 0.224 e. The Morgan fingerprint density at radius 3 is 2.58 bits per heavy atom. The highest BCUT2D eigenvalue weighted by molar-refractivity contribution is 5.85. The third kappa shape index (κ3) is 3.87. The lowest BCUT2D eigenvalue weighted by Crippen LogP contribution is -1.97. The van der Waals surface area contributed by atoms with Crippen molar-refractivity contribution in [3.63, 3.8) is 0 Å². The summed E-state index contributed by atoms with van der Waals surface area (Å²) in [6, 6.07) is 8.67. The van der Waals surface area contributed by atoms with E-state index in [4.69, 9.17) is 4.42 Å². The van der Waals surface area contributed by atoms with Gasteiger partial charge in [0.15, 0.2) is 5.89 Å². The zero-order valence-corrected chi connectivity index (χ0v) is 16.7. The van der Waals surface area contributed by atoms with Gasteiger partial charge in [0.25, 0.3) is 0 Å². The second-order valence-corrected chi connectivity index (χ2v) is 7.62. The number of unbranched alkanes of at least 4 members (excludes halogenated alkanes) is 3. The molecule has 2 heterocycles. The average molecular weight is 353 g/mol. The molecule has 3 aromatic rings. The summed E-state index contributed by atoms with van der Waals surface area (Å²) in [7, 11) is 0. The molecule has 0 fully saturated rings. The van der Waals surface area contributed by atoms with Crippen molar-refractivity contribution in [1.82, 2.24) is 9.55 Å². The fourth-order valence-electron chi connectivity index (χ4n) is 3.77. The Morgan fingerprint density at radius 2 is 1.88 bits per heavy atom. The quantitative estimate of drug-likeness (QED) is 0.381. The summed E-state index contributed by atoms with van der Waals surface area (Å²) in [4.78, 5) is 4.46. The summed E-state index contributed by atoms with van der Waals surface area (Å²) >= 11 is 0. The minimum atomic E-state index is 0.298. The van der Waals surface area contributed by atoms with Gasteiger partial charge in [-0.3, -0.25) is 4.57 Å². The first-order valence-electron chi connectivity index (χ1n) is 10.2. The van der Waals surface area contributed by atoms with Gasteiger partial charge in [-0.15, -0.1) is 0 Å². The number of aromatic nitrogens is 2. The van der Waals surface area contributed by atoms with E-state index in [0.29, 0.717) is 11.8 Å². The summed E-state index contributed by atoms with van der Waals surface area (Å²) in [5.74, 6) is 2.51. The highest BCUT2D eigenvalue weighted by atomic mass is 16.4. The molecule has 0 bridgehead atoms. The second-order valence-electron chi connectivity index (χ2n) is 7.62. The lowest BCUT2D eigenvalue weighted by atomic mass is 9.90. The van der Waals surface area contributed by atoms with Gasteiger partial charge in [0.1, 0.15) is 0 Å². The number of hydrogen-bond donors (Lipinski definition) is 0. The molecule has 0 radical (unpaired) electrons. The maximum atomic E-state index is 6.03. The summed E-state index contributed by atoms with van der Waals surface area (Å²) < 4.78 is 8.21. The summed E-state index contributed by atoms with van der Waals surface area (Å²) in [6.45, 7) is 8.80. The summed E-state index contributed by atoms with van der Waals surface area (Å²) in [6.07, 6.45) is 11.9. The van der Waals surface area contributed by atoms with Crippen LogP contribution in [0.25, 0.3) is 16.8 Å². The average Bonchev–Trinajstić information content (AvgIpc) is 3.27. The first-order valence-corrected chi connectivity index (χ1v) is 10.2. The molecule has 0 aliphatic rings. The molecule has 140 valence electrons. The van der Waals surface area contributed by atoms with Gasteiger partial charge in [0.2, 0.25) is 5.88 Å². The monoisotopic (exact) mass is 352 g/mol. The number of nitrogens with zero attached hydrogens (tertiary/aromatic N) is 2. The molecule has 0 aliphatic carbocycles. The fourth-order valence-corrected chi connectivity index (χ4v) is 3.77. The molecule has 0 N–H and O–H groups in total. The molecule has 0 spiro atoms. The Morgan fingerprint density at radius 1 is 1.08 bits per heavy atom. The van der Waals surface area contributed by atoms with Crippen LogP contribution in [-0.2, 0) is 0 Å². The number of oxazole rings is 1. The third-order valence-electron chi connectivity index (χ3n) is 5.32. The zero-order valence-electron chi connectivity index (χ0n) is 16.7. The molecule has 0 amide bonds. The van der Waals surface area contributed by atoms with Gasteiger partial charge in [-0.1, -0.05) is 71.6 Å². The fraction of sp³-hybridized carbons (Fsp3) is 0.522. The molecule has 1 atom stereocenters. The van der Waals surface area contributed by atoms with Crippen molar-refractivity contribution in [2.75, 3.05) is 0 Å². The van der Waals surface area contributed by atoms with Gasteiger partial charge in [-0.05, 0) is 30.4 Å². The normalized spacial score (nSPS) is 13.0. The number of fused-ring (bicyclic) bond motifs is 1. The number of benzene rings is 1. The second kappa shape index (κ2) is 8.57. The van der Waals surface area contributed by atoms with Crippen LogP contribution in [0.4, 0.5) is 0 Å². The molecule has 3 heteroatoms. The van der Waals surface area contributed by atoms with E-state index in [9.17, 15) is 0 Å². The van der Waals surface area contributed by atoms with Crippen LogP contribution in [-0.4, -0.2) is 9.55 Å². The molecular formula is C23H32N2O. The van der Waals surface area contributed by atoms with Gasteiger partial charge in [0.05, 0.1) is 11.7 Å². The Bertz CT molecular complexity index is 828. The van der Waals surface area contributed by atoms with E-state index in [1.807, 2.05) is 6.20 Å². The first-order chi connectivity index (χ1) is 12.7. The molecule has 0 aliphatic heterocycles. The first kappa shape index (κ1) is 18.8. The van der Waals surface area contributed by atoms with E-state index < -0.39 is 0 Å². The number of rotatable bonds is 9. The highest BCUT2D eigenvalue weighted by Crippen LogP contribution is 2.35. The van der Waals surface area contributed by atoms with Crippen molar-refractivity contribution in [1.29, 1.82) is 0 Å². The van der Waals surface area contributed by atoms with Crippen LogP contribution in [0.5, 0.6) is 0 Å². The topological polar surface area (TPSA) is 31.0 Å². The number of hydrogen-bond acceptors (Lipinski definition) is 2. The predicted molar refractivity (Wildman–Crippen MR) is 109 cm³/mol. The molecule has 0 saturated carbocycles. The number of para-hydroxylation sites is 1. The van der Waals surface area contributed by atoms with Crippen molar-refractivity contribution in [2.45, 2.75) is 78.1 Å². The van der Waals surface area contributed by atoms with Crippen LogP contribution in [0.3, 0.4) is 0 Å². The molecule has 1 aromatic carbocycles. The van der Waals surface area contributed by atoms with E-state index in [1.165, 1.54) is 55.0 Å². The molecule has 0 saturated heterocycles. The molecule has 3 rings (SSSR count). The molecular weight excluding hydrogens is 320 g/mol. The van der Waals surface area contributed by atoms with Crippen molar-refractivity contribution in [3.8, 4) is 5.88 Å². The van der Waals surface area contributed by atoms with Gasteiger partial charge < -0.3 is 4.42 Å². The largest absolute Gasteiger partial charge is 0.424 e. The van der Waals surface area contributed by atoms with Gasteiger partial charge >= 0.3 is 0 Å². The summed E-state index contributed by atoms with van der Waals surface area (Å²) in [5.41, 5.74) is 2.66. The SMILES string of the molecule is CCCCCCC(CC)c1cn(-c2cnc(C(C)C)o2)c2ccccc12. The van der Waals surface area contributed by atoms with Gasteiger partial charge in [-0.2, -0.15) is 0 Å². The molecule has 26 heavy (non-hydrogen) atoms. The van der Waals surface area contributed by atoms with E-state index in [0.717, 1.165) is 11.8 Å². The van der Waals surface area contributed by atoms with Crippen LogP contribution in [0, 0.1) is 0 Å². The van der Waals surface area contributed by atoms with Crippen molar-refractivity contribution < 1.29 is 4.42 Å². The predicted octanol–water partition coefficient (Wildman–Crippen LogP) is 7.21. The van der Waals surface area contributed by atoms with Gasteiger partial charge in [-0.25, -0.2) is 4.98 Å². The van der Waals surface area contributed by atoms with E-state index in [1.54, 1.807) is 0 Å². The van der Waals surface area contributed by atoms with Crippen molar-refractivity contribution >= 4 is 10.9 Å². The van der Waals surface area contributed by atoms with E-state index >= 15 is 0 Å². The molecule has 2 aromatic heterocycles. The van der Waals surface area contributed by atoms with Crippen LogP contribution < -0.4 is 0 Å². The van der Waals surface area contributed by atoms with Gasteiger partial charge in [0, 0.05) is 17.5 Å². The van der Waals surface area contributed by atoms with Crippen LogP contribution in [0.1, 0.15) is 89.5 Å². The van der Waals surface area contributed by atoms with Crippen LogP contribution in [0.15, 0.2) is 41.1 Å².